The fourth-order valence-electron chi connectivity index (χ4n) is 2.31. The molecule has 1 fully saturated rings. The molecule has 110 valence electrons. The van der Waals surface area contributed by atoms with Crippen molar-refractivity contribution >= 4 is 43.5 Å². The Labute approximate surface area is 135 Å². The van der Waals surface area contributed by atoms with E-state index in [0.29, 0.717) is 12.5 Å². The number of aliphatic hydroxyl groups is 1. The maximum atomic E-state index is 12.0. The Morgan fingerprint density at radius 2 is 2.05 bits per heavy atom. The molecule has 1 aliphatic rings. The number of benzene rings is 1. The normalized spacial score (nSPS) is 17.1. The van der Waals surface area contributed by atoms with Crippen LogP contribution >= 0.6 is 31.9 Å². The van der Waals surface area contributed by atoms with Crippen LogP contribution in [0.3, 0.4) is 0 Å². The van der Waals surface area contributed by atoms with Crippen LogP contribution in [0.5, 0.6) is 0 Å². The third-order valence-electron chi connectivity index (χ3n) is 3.54. The number of carbonyl (C=O) groups is 1. The quantitative estimate of drug-likeness (QED) is 0.809. The van der Waals surface area contributed by atoms with Crippen LogP contribution in [0.1, 0.15) is 12.8 Å². The molecule has 1 aromatic rings. The molecule has 6 heteroatoms. The zero-order valence-corrected chi connectivity index (χ0v) is 14.3. The molecule has 1 heterocycles. The molecular formula is C14H18Br2N2O2. The van der Waals surface area contributed by atoms with E-state index in [4.69, 9.17) is 5.11 Å². The van der Waals surface area contributed by atoms with Gasteiger partial charge in [-0.1, -0.05) is 15.9 Å². The predicted molar refractivity (Wildman–Crippen MR) is 86.7 cm³/mol. The summed E-state index contributed by atoms with van der Waals surface area (Å²) in [6.07, 6.45) is 1.93. The van der Waals surface area contributed by atoms with Crippen molar-refractivity contribution in [3.05, 3.63) is 27.1 Å². The smallest absolute Gasteiger partial charge is 0.238 e. The molecule has 20 heavy (non-hydrogen) atoms. The Hall–Kier alpha value is -0.430. The van der Waals surface area contributed by atoms with E-state index in [0.717, 1.165) is 40.6 Å². The first-order valence-corrected chi connectivity index (χ1v) is 8.25. The van der Waals surface area contributed by atoms with E-state index in [-0.39, 0.29) is 12.5 Å². The van der Waals surface area contributed by atoms with Crippen molar-refractivity contribution < 1.29 is 9.90 Å². The van der Waals surface area contributed by atoms with Crippen LogP contribution in [0, 0.1) is 5.92 Å². The molecule has 0 radical (unpaired) electrons. The van der Waals surface area contributed by atoms with Gasteiger partial charge in [0.15, 0.2) is 0 Å². The number of piperidine rings is 1. The van der Waals surface area contributed by atoms with Gasteiger partial charge >= 0.3 is 0 Å². The van der Waals surface area contributed by atoms with Crippen LogP contribution in [-0.4, -0.2) is 42.2 Å². The van der Waals surface area contributed by atoms with E-state index in [1.165, 1.54) is 0 Å². The summed E-state index contributed by atoms with van der Waals surface area (Å²) >= 11 is 6.82. The summed E-state index contributed by atoms with van der Waals surface area (Å²) in [4.78, 5) is 14.2. The Morgan fingerprint density at radius 1 is 1.35 bits per heavy atom. The minimum absolute atomic E-state index is 0.00419. The second kappa shape index (κ2) is 7.54. The van der Waals surface area contributed by atoms with Crippen LogP contribution < -0.4 is 5.32 Å². The van der Waals surface area contributed by atoms with Crippen LogP contribution in [0.2, 0.25) is 0 Å². The number of hydrogen-bond donors (Lipinski definition) is 2. The molecule has 1 aliphatic heterocycles. The minimum atomic E-state index is -0.00419. The van der Waals surface area contributed by atoms with Crippen LogP contribution in [0.25, 0.3) is 0 Å². The summed E-state index contributed by atoms with van der Waals surface area (Å²) in [6.45, 7) is 2.41. The highest BCUT2D eigenvalue weighted by atomic mass is 79.9. The lowest BCUT2D eigenvalue weighted by Crippen LogP contribution is -2.39. The van der Waals surface area contributed by atoms with Crippen molar-refractivity contribution in [2.45, 2.75) is 12.8 Å². The number of amides is 1. The zero-order chi connectivity index (χ0) is 14.5. The number of nitrogens with one attached hydrogen (secondary N) is 1. The fourth-order valence-corrected chi connectivity index (χ4v) is 3.46. The number of halogens is 2. The van der Waals surface area contributed by atoms with Crippen LogP contribution in [0.15, 0.2) is 27.1 Å². The Bertz CT molecular complexity index is 474. The molecule has 4 nitrogen and oxygen atoms in total. The molecule has 0 aromatic heterocycles. The van der Waals surface area contributed by atoms with Gasteiger partial charge in [-0.05, 0) is 66.0 Å². The van der Waals surface area contributed by atoms with E-state index in [1.807, 2.05) is 18.2 Å². The molecule has 0 spiro atoms. The molecule has 1 aromatic carbocycles. The summed E-state index contributed by atoms with van der Waals surface area (Å²) in [5, 5.41) is 12.0. The average Bonchev–Trinajstić information content (AvgIpc) is 2.43. The molecule has 0 unspecified atom stereocenters. The topological polar surface area (TPSA) is 52.6 Å². The molecule has 0 atom stereocenters. The highest BCUT2D eigenvalue weighted by molar-refractivity contribution is 9.11. The minimum Gasteiger partial charge on any atom is -0.396 e. The third-order valence-corrected chi connectivity index (χ3v) is 4.69. The van der Waals surface area contributed by atoms with Gasteiger partial charge in [-0.25, -0.2) is 0 Å². The van der Waals surface area contributed by atoms with Gasteiger partial charge in [-0.15, -0.1) is 0 Å². The van der Waals surface area contributed by atoms with E-state index in [2.05, 4.69) is 42.1 Å². The van der Waals surface area contributed by atoms with Crippen molar-refractivity contribution in [3.63, 3.8) is 0 Å². The number of rotatable bonds is 4. The van der Waals surface area contributed by atoms with Gasteiger partial charge in [-0.2, -0.15) is 0 Å². The van der Waals surface area contributed by atoms with E-state index < -0.39 is 0 Å². The second-order valence-electron chi connectivity index (χ2n) is 5.07. The Morgan fingerprint density at radius 3 is 2.65 bits per heavy atom. The summed E-state index contributed by atoms with van der Waals surface area (Å²) in [7, 11) is 0. The molecule has 2 N–H and O–H groups in total. The maximum Gasteiger partial charge on any atom is 0.238 e. The Balaban J connectivity index is 1.84. The predicted octanol–water partition coefficient (Wildman–Crippen LogP) is 2.85. The summed E-state index contributed by atoms with van der Waals surface area (Å²) in [5.41, 5.74) is 0.781. The lowest BCUT2D eigenvalue weighted by molar-refractivity contribution is -0.117. The van der Waals surface area contributed by atoms with Crippen molar-refractivity contribution in [1.29, 1.82) is 0 Å². The first kappa shape index (κ1) is 15.9. The second-order valence-corrected chi connectivity index (χ2v) is 6.84. The van der Waals surface area contributed by atoms with Gasteiger partial charge in [0.05, 0.1) is 12.2 Å². The van der Waals surface area contributed by atoms with Crippen molar-refractivity contribution in [1.82, 2.24) is 4.90 Å². The summed E-state index contributed by atoms with van der Waals surface area (Å²) < 4.78 is 1.83. The van der Waals surface area contributed by atoms with Gasteiger partial charge in [0, 0.05) is 15.6 Å². The number of likely N-dealkylation sites (tertiary alicyclic amines) is 1. The molecule has 1 saturated heterocycles. The number of aliphatic hydroxyl groups excluding tert-OH is 1. The highest BCUT2D eigenvalue weighted by Gasteiger charge is 2.20. The number of anilines is 1. The van der Waals surface area contributed by atoms with E-state index in [1.54, 1.807) is 0 Å². The number of hydrogen-bond acceptors (Lipinski definition) is 3. The van der Waals surface area contributed by atoms with Crippen molar-refractivity contribution in [3.8, 4) is 0 Å². The lowest BCUT2D eigenvalue weighted by atomic mass is 9.98. The summed E-state index contributed by atoms with van der Waals surface area (Å²) in [6, 6.07) is 5.67. The maximum absolute atomic E-state index is 12.0. The van der Waals surface area contributed by atoms with Gasteiger partial charge in [0.1, 0.15) is 0 Å². The zero-order valence-electron chi connectivity index (χ0n) is 11.1. The standard InChI is InChI=1S/C14H18Br2N2O2/c15-11-1-2-13(12(16)7-11)17-14(20)8-18-5-3-10(9-19)4-6-18/h1-2,7,10,19H,3-6,8-9H2,(H,17,20). The molecule has 0 bridgehead atoms. The largest absolute Gasteiger partial charge is 0.396 e. The van der Waals surface area contributed by atoms with E-state index in [9.17, 15) is 4.79 Å². The number of carbonyl (C=O) groups excluding carboxylic acids is 1. The molecule has 2 rings (SSSR count). The fraction of sp³-hybridized carbons (Fsp3) is 0.500. The molecule has 0 saturated carbocycles. The van der Waals surface area contributed by atoms with Crippen LogP contribution in [0.4, 0.5) is 5.69 Å². The number of nitrogens with zero attached hydrogens (tertiary/aromatic N) is 1. The van der Waals surface area contributed by atoms with E-state index >= 15 is 0 Å². The Kier molecular flexibility index (Phi) is 6.01. The lowest BCUT2D eigenvalue weighted by Gasteiger charge is -2.30. The monoisotopic (exact) mass is 404 g/mol. The first-order chi connectivity index (χ1) is 9.58. The highest BCUT2D eigenvalue weighted by Crippen LogP contribution is 2.26. The van der Waals surface area contributed by atoms with Gasteiger partial charge in [0.2, 0.25) is 5.91 Å². The average molecular weight is 406 g/mol. The first-order valence-electron chi connectivity index (χ1n) is 6.66. The third kappa shape index (κ3) is 4.55. The molecular weight excluding hydrogens is 388 g/mol. The molecule has 1 amide bonds. The molecule has 0 aliphatic carbocycles. The van der Waals surface area contributed by atoms with Gasteiger partial charge in [0.25, 0.3) is 0 Å². The van der Waals surface area contributed by atoms with Gasteiger partial charge < -0.3 is 10.4 Å². The van der Waals surface area contributed by atoms with Gasteiger partial charge in [-0.3, -0.25) is 9.69 Å². The van der Waals surface area contributed by atoms with Crippen molar-refractivity contribution in [2.24, 2.45) is 5.92 Å². The summed E-state index contributed by atoms with van der Waals surface area (Å²) in [5.74, 6) is 0.394. The van der Waals surface area contributed by atoms with Crippen molar-refractivity contribution in [2.75, 3.05) is 31.6 Å². The van der Waals surface area contributed by atoms with Crippen LogP contribution in [-0.2, 0) is 4.79 Å². The SMILES string of the molecule is O=C(CN1CCC(CO)CC1)Nc1ccc(Br)cc1Br.